The maximum Gasteiger partial charge on any atom is 0.425 e. The molecule has 0 saturated carbocycles. The van der Waals surface area contributed by atoms with Gasteiger partial charge in [-0.25, -0.2) is 9.78 Å². The van der Waals surface area contributed by atoms with Crippen LogP contribution in [-0.4, -0.2) is 25.9 Å². The molecule has 3 rings (SSSR count). The number of rotatable bonds is 6. The van der Waals surface area contributed by atoms with Crippen molar-refractivity contribution >= 4 is 40.0 Å². The molecule has 11 heteroatoms. The molecule has 3 heterocycles. The molecular weight excluding hydrogens is 417 g/mol. The molecule has 0 saturated heterocycles. The summed E-state index contributed by atoms with van der Waals surface area (Å²) in [6.45, 7) is 0. The Morgan fingerprint density at radius 3 is 2.68 bits per heavy atom. The predicted octanol–water partition coefficient (Wildman–Crippen LogP) is 3.53. The van der Waals surface area contributed by atoms with Crippen LogP contribution in [0.3, 0.4) is 0 Å². The minimum atomic E-state index is -4.44. The van der Waals surface area contributed by atoms with Crippen molar-refractivity contribution in [3.8, 4) is 10.4 Å². The molecule has 0 bridgehead atoms. The summed E-state index contributed by atoms with van der Waals surface area (Å²) in [5.41, 5.74) is 6.04. The maximum absolute atomic E-state index is 12.9. The average Bonchev–Trinajstić information content (AvgIpc) is 3.21. The molecule has 6 nitrogen and oxygen atoms in total. The van der Waals surface area contributed by atoms with Gasteiger partial charge in [-0.2, -0.15) is 13.2 Å². The Morgan fingerprint density at radius 2 is 2.11 bits per heavy atom. The van der Waals surface area contributed by atoms with Gasteiger partial charge in [-0.05, 0) is 31.0 Å². The molecule has 2 N–H and O–H groups in total. The molecule has 1 amide bonds. The Balaban J connectivity index is 2.16. The molecule has 0 radical (unpaired) electrons. The molecule has 1 unspecified atom stereocenters. The van der Waals surface area contributed by atoms with Gasteiger partial charge in [0.2, 0.25) is 5.91 Å². The highest BCUT2D eigenvalue weighted by molar-refractivity contribution is 7.15. The lowest BCUT2D eigenvalue weighted by Crippen LogP contribution is -2.34. The zero-order valence-electron chi connectivity index (χ0n) is 14.7. The smallest absolute Gasteiger partial charge is 0.368 e. The molecule has 3 aromatic heterocycles. The van der Waals surface area contributed by atoms with Crippen molar-refractivity contribution in [3.63, 3.8) is 0 Å². The van der Waals surface area contributed by atoms with Gasteiger partial charge >= 0.3 is 11.9 Å². The molecule has 3 aromatic rings. The molecule has 0 aliphatic heterocycles. The molecule has 0 fully saturated rings. The Morgan fingerprint density at radius 1 is 1.39 bits per heavy atom. The van der Waals surface area contributed by atoms with E-state index in [0.717, 1.165) is 6.07 Å². The first kappa shape index (κ1) is 20.4. The minimum Gasteiger partial charge on any atom is -0.368 e. The summed E-state index contributed by atoms with van der Waals surface area (Å²) in [7, 11) is 1.50. The fourth-order valence-corrected chi connectivity index (χ4v) is 4.00. The number of fused-ring (bicyclic) bond motifs is 1. The van der Waals surface area contributed by atoms with Gasteiger partial charge in [0.15, 0.2) is 5.65 Å². The van der Waals surface area contributed by atoms with E-state index < -0.39 is 28.7 Å². The summed E-state index contributed by atoms with van der Waals surface area (Å²) in [6.07, 6.45) is -2.31. The number of amides is 1. The first-order valence-corrected chi connectivity index (χ1v) is 9.60. The number of hydrogen-bond donors (Lipinski definition) is 1. The van der Waals surface area contributed by atoms with E-state index in [1.165, 1.54) is 28.4 Å². The van der Waals surface area contributed by atoms with Crippen LogP contribution in [-0.2, 0) is 18.0 Å². The number of hydrogen-bond acceptors (Lipinski definition) is 4. The molecule has 0 aliphatic carbocycles. The van der Waals surface area contributed by atoms with Crippen molar-refractivity contribution in [2.24, 2.45) is 12.8 Å². The standard InChI is InChI=1S/C17H16ClF3N4O2S/c1-24-15-11(25(16(24)27)10(14(22)26)3-2-6-18)7-9(8-23-15)12-4-5-13(28-12)17(19,20)21/h4-5,7-8,10H,2-3,6H2,1H3,(H2,22,26). The van der Waals surface area contributed by atoms with Crippen molar-refractivity contribution in [1.29, 1.82) is 0 Å². The second-order valence-electron chi connectivity index (χ2n) is 6.19. The van der Waals surface area contributed by atoms with E-state index in [4.69, 9.17) is 17.3 Å². The van der Waals surface area contributed by atoms with E-state index in [-0.39, 0.29) is 6.42 Å². The number of primary amides is 1. The molecule has 0 spiro atoms. The number of aromatic nitrogens is 3. The number of nitrogens with two attached hydrogens (primary N) is 1. The second-order valence-corrected chi connectivity index (χ2v) is 7.65. The number of pyridine rings is 1. The normalized spacial score (nSPS) is 13.2. The molecule has 0 aromatic carbocycles. The van der Waals surface area contributed by atoms with Crippen LogP contribution in [0.15, 0.2) is 29.2 Å². The lowest BCUT2D eigenvalue weighted by atomic mass is 10.1. The lowest BCUT2D eigenvalue weighted by Gasteiger charge is -2.14. The van der Waals surface area contributed by atoms with E-state index in [9.17, 15) is 22.8 Å². The van der Waals surface area contributed by atoms with Crippen LogP contribution in [0.5, 0.6) is 0 Å². The Labute approximate surface area is 166 Å². The van der Waals surface area contributed by atoms with Gasteiger partial charge < -0.3 is 5.73 Å². The van der Waals surface area contributed by atoms with Crippen molar-refractivity contribution in [1.82, 2.24) is 14.1 Å². The largest absolute Gasteiger partial charge is 0.425 e. The van der Waals surface area contributed by atoms with Crippen LogP contribution in [0.4, 0.5) is 13.2 Å². The summed E-state index contributed by atoms with van der Waals surface area (Å²) >= 11 is 6.28. The summed E-state index contributed by atoms with van der Waals surface area (Å²) < 4.78 is 41.2. The number of alkyl halides is 4. The van der Waals surface area contributed by atoms with E-state index >= 15 is 0 Å². The second kappa shape index (κ2) is 7.59. The predicted molar refractivity (Wildman–Crippen MR) is 101 cm³/mol. The van der Waals surface area contributed by atoms with Gasteiger partial charge in [-0.3, -0.25) is 13.9 Å². The van der Waals surface area contributed by atoms with Crippen LogP contribution >= 0.6 is 22.9 Å². The van der Waals surface area contributed by atoms with Gasteiger partial charge in [0.1, 0.15) is 10.9 Å². The average molecular weight is 433 g/mol. The summed E-state index contributed by atoms with van der Waals surface area (Å²) in [4.78, 5) is 28.5. The molecular formula is C17H16ClF3N4O2S. The zero-order valence-corrected chi connectivity index (χ0v) is 16.2. The number of halogens is 4. The molecule has 1 atom stereocenters. The van der Waals surface area contributed by atoms with Crippen molar-refractivity contribution in [2.45, 2.75) is 25.1 Å². The number of imidazole rings is 1. The number of carbonyl (C=O) groups is 1. The summed E-state index contributed by atoms with van der Waals surface area (Å²) in [6, 6.07) is 2.96. The first-order chi connectivity index (χ1) is 13.1. The van der Waals surface area contributed by atoms with E-state index in [1.54, 1.807) is 6.07 Å². The first-order valence-electron chi connectivity index (χ1n) is 8.24. The van der Waals surface area contributed by atoms with Crippen molar-refractivity contribution < 1.29 is 18.0 Å². The molecule has 28 heavy (non-hydrogen) atoms. The summed E-state index contributed by atoms with van der Waals surface area (Å²) in [5, 5.41) is 0. The van der Waals surface area contributed by atoms with Gasteiger partial charge in [-0.15, -0.1) is 22.9 Å². The highest BCUT2D eigenvalue weighted by Gasteiger charge is 2.32. The SMILES string of the molecule is Cn1c(=O)n(C(CCCCl)C(N)=O)c2cc(-c3ccc(C(F)(F)F)s3)cnc21. The quantitative estimate of drug-likeness (QED) is 0.605. The topological polar surface area (TPSA) is 82.9 Å². The molecule has 150 valence electrons. The minimum absolute atomic E-state index is 0.263. The Bertz CT molecular complexity index is 1090. The summed E-state index contributed by atoms with van der Waals surface area (Å²) in [5.74, 6) is -0.400. The number of aryl methyl sites for hydroxylation is 1. The van der Waals surface area contributed by atoms with Crippen LogP contribution in [0.25, 0.3) is 21.6 Å². The lowest BCUT2D eigenvalue weighted by molar-refractivity contribution is -0.134. The molecule has 0 aliphatic rings. The van der Waals surface area contributed by atoms with Gasteiger partial charge in [0.25, 0.3) is 0 Å². The van der Waals surface area contributed by atoms with Crippen molar-refractivity contribution in [2.75, 3.05) is 5.88 Å². The van der Waals surface area contributed by atoms with Crippen LogP contribution in [0.2, 0.25) is 0 Å². The van der Waals surface area contributed by atoms with Crippen LogP contribution < -0.4 is 11.4 Å². The van der Waals surface area contributed by atoms with E-state index in [1.807, 2.05) is 0 Å². The highest BCUT2D eigenvalue weighted by atomic mass is 35.5. The number of nitrogens with zero attached hydrogens (tertiary/aromatic N) is 3. The number of carbonyl (C=O) groups excluding carboxylic acids is 1. The fourth-order valence-electron chi connectivity index (χ4n) is 2.99. The van der Waals surface area contributed by atoms with Gasteiger partial charge in [0.05, 0.1) is 5.52 Å². The van der Waals surface area contributed by atoms with Crippen molar-refractivity contribution in [3.05, 3.63) is 39.8 Å². The highest BCUT2D eigenvalue weighted by Crippen LogP contribution is 2.38. The monoisotopic (exact) mass is 432 g/mol. The zero-order chi connectivity index (χ0) is 20.6. The van der Waals surface area contributed by atoms with Crippen LogP contribution in [0.1, 0.15) is 23.8 Å². The third kappa shape index (κ3) is 3.66. The Kier molecular flexibility index (Phi) is 5.53. The third-order valence-corrected chi connectivity index (χ3v) is 5.79. The van der Waals surface area contributed by atoms with E-state index in [2.05, 4.69) is 4.98 Å². The third-order valence-electron chi connectivity index (χ3n) is 4.34. The Hall–Kier alpha value is -2.33. The maximum atomic E-state index is 12.9. The van der Waals surface area contributed by atoms with Crippen LogP contribution in [0, 0.1) is 0 Å². The fraction of sp³-hybridized carbons (Fsp3) is 0.353. The van der Waals surface area contributed by atoms with E-state index in [0.29, 0.717) is 45.2 Å². The van der Waals surface area contributed by atoms with Gasteiger partial charge in [0, 0.05) is 29.6 Å². The number of thiophene rings is 1. The van der Waals surface area contributed by atoms with Gasteiger partial charge in [-0.1, -0.05) is 0 Å².